The van der Waals surface area contributed by atoms with Gasteiger partial charge in [-0.2, -0.15) is 0 Å². The summed E-state index contributed by atoms with van der Waals surface area (Å²) in [4.78, 5) is 22.9. The van der Waals surface area contributed by atoms with E-state index in [1.807, 2.05) is 0 Å². The molecular weight excluding hydrogens is 390 g/mol. The van der Waals surface area contributed by atoms with Crippen LogP contribution in [0.25, 0.3) is 0 Å². The number of hydrogen-bond acceptors (Lipinski definition) is 8. The van der Waals surface area contributed by atoms with Gasteiger partial charge < -0.3 is 4.74 Å². The summed E-state index contributed by atoms with van der Waals surface area (Å²) < 4.78 is 5.95. The molecule has 1 atom stereocenters. The van der Waals surface area contributed by atoms with E-state index in [1.165, 1.54) is 41.3 Å². The Balaban J connectivity index is 1.85. The Kier molecular flexibility index (Phi) is 7.92. The van der Waals surface area contributed by atoms with Gasteiger partial charge in [-0.25, -0.2) is 4.79 Å². The number of hydrogen-bond donors (Lipinski definition) is 1. The molecule has 26 heavy (non-hydrogen) atoms. The second-order valence-electron chi connectivity index (χ2n) is 5.76. The lowest BCUT2D eigenvalue weighted by Crippen LogP contribution is -2.35. The van der Waals surface area contributed by atoms with E-state index in [2.05, 4.69) is 58.4 Å². The van der Waals surface area contributed by atoms with E-state index < -0.39 is 17.3 Å². The van der Waals surface area contributed by atoms with E-state index >= 15 is 0 Å². The van der Waals surface area contributed by atoms with Crippen LogP contribution in [0.15, 0.2) is 32.9 Å². The van der Waals surface area contributed by atoms with Gasteiger partial charge in [-0.05, 0) is 24.0 Å². The Hall–Kier alpha value is -1.58. The molecule has 1 aromatic carbocycles. The Labute approximate surface area is 165 Å². The number of thioether (sulfide) groups is 2. The second kappa shape index (κ2) is 9.94. The number of nitrogens with one attached hydrogen (secondary N) is 1. The van der Waals surface area contributed by atoms with Crippen LogP contribution >= 0.6 is 34.9 Å². The molecule has 0 aliphatic carbocycles. The number of imide groups is 1. The van der Waals surface area contributed by atoms with Crippen molar-refractivity contribution in [2.75, 3.05) is 7.11 Å². The summed E-state index contributed by atoms with van der Waals surface area (Å²) in [6.07, 6.45) is -0.764. The lowest BCUT2D eigenvalue weighted by molar-refractivity contribution is -0.119. The Morgan fingerprint density at radius 3 is 2.42 bits per heavy atom. The van der Waals surface area contributed by atoms with Crippen LogP contribution in [0.3, 0.4) is 0 Å². The predicted octanol–water partition coefficient (Wildman–Crippen LogP) is 4.32. The van der Waals surface area contributed by atoms with Crippen molar-refractivity contribution in [1.82, 2.24) is 15.5 Å². The maximum Gasteiger partial charge on any atom is 0.413 e. The highest BCUT2D eigenvalue weighted by atomic mass is 32.2. The maximum absolute atomic E-state index is 11.8. The molecule has 2 amide bonds. The molecule has 140 valence electrons. The van der Waals surface area contributed by atoms with Crippen LogP contribution in [0.5, 0.6) is 0 Å². The Morgan fingerprint density at radius 1 is 1.15 bits per heavy atom. The van der Waals surface area contributed by atoms with Gasteiger partial charge in [-0.1, -0.05) is 73.0 Å². The van der Waals surface area contributed by atoms with Crippen molar-refractivity contribution in [1.29, 1.82) is 0 Å². The number of carbonyl (C=O) groups is 2. The molecule has 1 aromatic heterocycles. The molecule has 0 radical (unpaired) electrons. The predicted molar refractivity (Wildman–Crippen MR) is 106 cm³/mol. The third kappa shape index (κ3) is 6.30. The summed E-state index contributed by atoms with van der Waals surface area (Å²) in [7, 11) is 1.21. The van der Waals surface area contributed by atoms with E-state index in [0.29, 0.717) is 10.3 Å². The highest BCUT2D eigenvalue weighted by molar-refractivity contribution is 8.03. The van der Waals surface area contributed by atoms with Crippen molar-refractivity contribution in [2.24, 2.45) is 0 Å². The van der Waals surface area contributed by atoms with Gasteiger partial charge in [-0.15, -0.1) is 10.2 Å². The standard InChI is InChI=1S/C17H21N3O3S3/c1-10(2)13-7-5-12(6-8-13)9-24-16-19-20-17(26-16)25-11(3)14(21)18-15(22)23-4/h5-8,10-11H,9H2,1-4H3,(H,18,21,22)/t11-/m0/s1. The van der Waals surface area contributed by atoms with Crippen LogP contribution in [0.4, 0.5) is 4.79 Å². The highest BCUT2D eigenvalue weighted by Crippen LogP contribution is 2.32. The number of alkyl carbamates (subject to hydrolysis) is 1. The number of benzene rings is 1. The molecule has 2 aromatic rings. The average Bonchev–Trinajstić information content (AvgIpc) is 3.07. The number of rotatable bonds is 7. The quantitative estimate of drug-likeness (QED) is 0.680. The van der Waals surface area contributed by atoms with Crippen LogP contribution in [0.1, 0.15) is 37.8 Å². The van der Waals surface area contributed by atoms with Crippen LogP contribution in [0.2, 0.25) is 0 Å². The minimum atomic E-state index is -0.764. The summed E-state index contributed by atoms with van der Waals surface area (Å²) in [5, 5.41) is 9.93. The number of amides is 2. The number of aromatic nitrogens is 2. The van der Waals surface area contributed by atoms with E-state index in [9.17, 15) is 9.59 Å². The van der Waals surface area contributed by atoms with Gasteiger partial charge in [0.1, 0.15) is 0 Å². The first-order valence-corrected chi connectivity index (χ1v) is 10.7. The van der Waals surface area contributed by atoms with Gasteiger partial charge in [0.25, 0.3) is 0 Å². The van der Waals surface area contributed by atoms with E-state index in [4.69, 9.17) is 0 Å². The van der Waals surface area contributed by atoms with Crippen molar-refractivity contribution in [3.8, 4) is 0 Å². The van der Waals surface area contributed by atoms with E-state index in [1.54, 1.807) is 18.7 Å². The molecule has 0 unspecified atom stereocenters. The fraction of sp³-hybridized carbons (Fsp3) is 0.412. The first-order valence-electron chi connectivity index (χ1n) is 7.99. The molecule has 0 aliphatic rings. The van der Waals surface area contributed by atoms with Crippen LogP contribution in [0, 0.1) is 0 Å². The normalized spacial score (nSPS) is 12.0. The molecule has 0 saturated heterocycles. The fourth-order valence-corrected chi connectivity index (χ4v) is 5.02. The summed E-state index contributed by atoms with van der Waals surface area (Å²) >= 11 is 4.32. The summed E-state index contributed by atoms with van der Waals surface area (Å²) in [6.45, 7) is 6.06. The molecule has 6 nitrogen and oxygen atoms in total. The molecule has 0 aliphatic heterocycles. The molecule has 9 heteroatoms. The molecule has 0 bridgehead atoms. The summed E-state index contributed by atoms with van der Waals surface area (Å²) in [5.74, 6) is 0.921. The molecule has 0 fully saturated rings. The lowest BCUT2D eigenvalue weighted by Gasteiger charge is -2.07. The molecule has 1 N–H and O–H groups in total. The topological polar surface area (TPSA) is 81.2 Å². The largest absolute Gasteiger partial charge is 0.453 e. The number of carbonyl (C=O) groups excluding carboxylic acids is 2. The number of ether oxygens (including phenoxy) is 1. The van der Waals surface area contributed by atoms with Gasteiger partial charge in [0.15, 0.2) is 8.68 Å². The van der Waals surface area contributed by atoms with Crippen molar-refractivity contribution in [2.45, 2.75) is 46.4 Å². The Bertz CT molecular complexity index is 747. The Morgan fingerprint density at radius 2 is 1.81 bits per heavy atom. The van der Waals surface area contributed by atoms with Crippen LogP contribution in [-0.2, 0) is 15.3 Å². The van der Waals surface area contributed by atoms with Crippen molar-refractivity contribution < 1.29 is 14.3 Å². The third-order valence-electron chi connectivity index (χ3n) is 3.45. The average molecular weight is 412 g/mol. The van der Waals surface area contributed by atoms with Crippen LogP contribution < -0.4 is 5.32 Å². The van der Waals surface area contributed by atoms with E-state index in [-0.39, 0.29) is 0 Å². The van der Waals surface area contributed by atoms with Gasteiger partial charge in [0.05, 0.1) is 12.4 Å². The smallest absolute Gasteiger partial charge is 0.413 e. The number of nitrogens with zero attached hydrogens (tertiary/aromatic N) is 2. The van der Waals surface area contributed by atoms with Crippen molar-refractivity contribution >= 4 is 46.9 Å². The second-order valence-corrected chi connectivity index (χ2v) is 9.55. The zero-order valence-corrected chi connectivity index (χ0v) is 17.5. The summed E-state index contributed by atoms with van der Waals surface area (Å²) in [6, 6.07) is 8.59. The van der Waals surface area contributed by atoms with Gasteiger partial charge in [0.2, 0.25) is 5.91 Å². The summed E-state index contributed by atoms with van der Waals surface area (Å²) in [5.41, 5.74) is 2.56. The number of methoxy groups -OCH3 is 1. The van der Waals surface area contributed by atoms with Gasteiger partial charge in [-0.3, -0.25) is 10.1 Å². The molecule has 0 spiro atoms. The minimum Gasteiger partial charge on any atom is -0.453 e. The SMILES string of the molecule is COC(=O)NC(=O)[C@H](C)Sc1nnc(SCc2ccc(C(C)C)cc2)s1. The monoisotopic (exact) mass is 411 g/mol. The fourth-order valence-electron chi connectivity index (χ4n) is 1.90. The van der Waals surface area contributed by atoms with Crippen molar-refractivity contribution in [3.05, 3.63) is 35.4 Å². The van der Waals surface area contributed by atoms with Crippen molar-refractivity contribution in [3.63, 3.8) is 0 Å². The maximum atomic E-state index is 11.8. The zero-order chi connectivity index (χ0) is 19.1. The molecule has 2 rings (SSSR count). The molecule has 0 saturated carbocycles. The van der Waals surface area contributed by atoms with Gasteiger partial charge in [0, 0.05) is 5.75 Å². The molecule has 1 heterocycles. The first-order chi connectivity index (χ1) is 12.4. The highest BCUT2D eigenvalue weighted by Gasteiger charge is 2.19. The zero-order valence-electron chi connectivity index (χ0n) is 15.0. The van der Waals surface area contributed by atoms with E-state index in [0.717, 1.165) is 10.1 Å². The van der Waals surface area contributed by atoms with Crippen LogP contribution in [-0.4, -0.2) is 34.6 Å². The first kappa shape index (κ1) is 20.7. The lowest BCUT2D eigenvalue weighted by atomic mass is 10.0. The molecular formula is C17H21N3O3S3. The third-order valence-corrected chi connectivity index (χ3v) is 6.77. The van der Waals surface area contributed by atoms with Gasteiger partial charge >= 0.3 is 6.09 Å². The minimum absolute atomic E-state index is 0.420.